The SMILES string of the molecule is CNCCN(C)C(=O)c1ccn(-c2ccccc2)n1.Cl. The predicted octanol–water partition coefficient (Wildman–Crippen LogP) is 1.59. The molecule has 1 N–H and O–H groups in total. The molecule has 0 unspecified atom stereocenters. The van der Waals surface area contributed by atoms with Crippen molar-refractivity contribution in [2.24, 2.45) is 0 Å². The number of nitrogens with zero attached hydrogens (tertiary/aromatic N) is 3. The molecule has 2 aromatic rings. The minimum Gasteiger partial charge on any atom is -0.339 e. The van der Waals surface area contributed by atoms with Crippen molar-refractivity contribution < 1.29 is 4.79 Å². The minimum absolute atomic E-state index is 0. The number of benzene rings is 1. The summed E-state index contributed by atoms with van der Waals surface area (Å²) in [5.41, 5.74) is 1.40. The van der Waals surface area contributed by atoms with Gasteiger partial charge in [0, 0.05) is 26.3 Å². The molecule has 1 aromatic carbocycles. The second-order valence-electron chi connectivity index (χ2n) is 4.31. The predicted molar refractivity (Wildman–Crippen MR) is 81.7 cm³/mol. The van der Waals surface area contributed by atoms with Gasteiger partial charge in [-0.25, -0.2) is 4.68 Å². The minimum atomic E-state index is -0.0649. The van der Waals surface area contributed by atoms with Crippen LogP contribution in [0.15, 0.2) is 42.6 Å². The van der Waals surface area contributed by atoms with E-state index in [1.807, 2.05) is 37.4 Å². The maximum atomic E-state index is 12.1. The average Bonchev–Trinajstić information content (AvgIpc) is 2.94. The van der Waals surface area contributed by atoms with Crippen molar-refractivity contribution in [1.82, 2.24) is 20.0 Å². The van der Waals surface area contributed by atoms with Crippen molar-refractivity contribution in [3.63, 3.8) is 0 Å². The van der Waals surface area contributed by atoms with Crippen LogP contribution in [-0.4, -0.2) is 47.8 Å². The molecule has 1 amide bonds. The summed E-state index contributed by atoms with van der Waals surface area (Å²) in [6.07, 6.45) is 1.80. The van der Waals surface area contributed by atoms with E-state index in [9.17, 15) is 4.79 Å². The first-order valence-electron chi connectivity index (χ1n) is 6.23. The number of aromatic nitrogens is 2. The van der Waals surface area contributed by atoms with Crippen molar-refractivity contribution in [3.8, 4) is 5.69 Å². The highest BCUT2D eigenvalue weighted by atomic mass is 35.5. The van der Waals surface area contributed by atoms with Crippen molar-refractivity contribution >= 4 is 18.3 Å². The molecule has 1 heterocycles. The van der Waals surface area contributed by atoms with Gasteiger partial charge in [0.05, 0.1) is 5.69 Å². The highest BCUT2D eigenvalue weighted by Gasteiger charge is 2.14. The Balaban J connectivity index is 0.00000200. The second kappa shape index (κ2) is 7.67. The van der Waals surface area contributed by atoms with Crippen LogP contribution in [0.5, 0.6) is 0 Å². The standard InChI is InChI=1S/C14H18N4O.ClH/c1-15-9-11-17(2)14(19)13-8-10-18(16-13)12-6-4-3-5-7-12;/h3-8,10,15H,9,11H2,1-2H3;1H. The van der Waals surface area contributed by atoms with Gasteiger partial charge in [0.2, 0.25) is 0 Å². The van der Waals surface area contributed by atoms with Gasteiger partial charge in [-0.1, -0.05) is 18.2 Å². The molecule has 6 heteroatoms. The number of carbonyl (C=O) groups is 1. The molecule has 0 saturated heterocycles. The first-order chi connectivity index (χ1) is 9.22. The third-order valence-corrected chi connectivity index (χ3v) is 2.87. The highest BCUT2D eigenvalue weighted by molar-refractivity contribution is 5.92. The molecular formula is C14H19ClN4O. The Morgan fingerprint density at radius 3 is 2.65 bits per heavy atom. The van der Waals surface area contributed by atoms with Gasteiger partial charge in [-0.15, -0.1) is 12.4 Å². The zero-order valence-corrected chi connectivity index (χ0v) is 12.4. The Morgan fingerprint density at radius 1 is 1.30 bits per heavy atom. The van der Waals surface area contributed by atoms with Crippen LogP contribution in [0.1, 0.15) is 10.5 Å². The van der Waals surface area contributed by atoms with Crippen LogP contribution in [0.2, 0.25) is 0 Å². The summed E-state index contributed by atoms with van der Waals surface area (Å²) < 4.78 is 1.71. The van der Waals surface area contributed by atoms with Crippen molar-refractivity contribution in [1.29, 1.82) is 0 Å². The maximum Gasteiger partial charge on any atom is 0.274 e. The number of hydrogen-bond acceptors (Lipinski definition) is 3. The smallest absolute Gasteiger partial charge is 0.274 e. The van der Waals surface area contributed by atoms with Gasteiger partial charge in [-0.3, -0.25) is 4.79 Å². The molecule has 0 spiro atoms. The molecule has 0 radical (unpaired) electrons. The topological polar surface area (TPSA) is 50.2 Å². The van der Waals surface area contributed by atoms with Crippen LogP contribution >= 0.6 is 12.4 Å². The summed E-state index contributed by atoms with van der Waals surface area (Å²) in [6, 6.07) is 11.5. The van der Waals surface area contributed by atoms with E-state index in [0.717, 1.165) is 12.2 Å². The molecule has 2 rings (SSSR count). The molecule has 1 aromatic heterocycles. The molecule has 0 aliphatic rings. The van der Waals surface area contributed by atoms with Crippen LogP contribution < -0.4 is 5.32 Å². The number of hydrogen-bond donors (Lipinski definition) is 1. The number of amides is 1. The Labute approximate surface area is 125 Å². The summed E-state index contributed by atoms with van der Waals surface area (Å²) in [4.78, 5) is 13.8. The molecule has 5 nitrogen and oxygen atoms in total. The van der Waals surface area contributed by atoms with Gasteiger partial charge in [0.15, 0.2) is 5.69 Å². The van der Waals surface area contributed by atoms with E-state index >= 15 is 0 Å². The molecule has 0 aliphatic carbocycles. The molecule has 0 fully saturated rings. The fraction of sp³-hybridized carbons (Fsp3) is 0.286. The van der Waals surface area contributed by atoms with E-state index in [-0.39, 0.29) is 18.3 Å². The van der Waals surface area contributed by atoms with Gasteiger partial charge in [-0.05, 0) is 25.2 Å². The Hall–Kier alpha value is -1.85. The van der Waals surface area contributed by atoms with Gasteiger partial charge in [0.1, 0.15) is 0 Å². The maximum absolute atomic E-state index is 12.1. The lowest BCUT2D eigenvalue weighted by molar-refractivity contribution is 0.0790. The summed E-state index contributed by atoms with van der Waals surface area (Å²) in [5.74, 6) is -0.0649. The summed E-state index contributed by atoms with van der Waals surface area (Å²) in [7, 11) is 3.64. The zero-order valence-electron chi connectivity index (χ0n) is 11.6. The third kappa shape index (κ3) is 3.82. The monoisotopic (exact) mass is 294 g/mol. The highest BCUT2D eigenvalue weighted by Crippen LogP contribution is 2.08. The van der Waals surface area contributed by atoms with E-state index in [1.54, 1.807) is 28.9 Å². The van der Waals surface area contributed by atoms with Crippen molar-refractivity contribution in [3.05, 3.63) is 48.3 Å². The Kier molecular flexibility index (Phi) is 6.21. The Bertz CT molecular complexity index is 541. The summed E-state index contributed by atoms with van der Waals surface area (Å²) in [6.45, 7) is 1.43. The van der Waals surface area contributed by atoms with E-state index in [2.05, 4.69) is 10.4 Å². The molecular weight excluding hydrogens is 276 g/mol. The zero-order chi connectivity index (χ0) is 13.7. The van der Waals surface area contributed by atoms with Crippen LogP contribution in [0, 0.1) is 0 Å². The molecule has 20 heavy (non-hydrogen) atoms. The van der Waals surface area contributed by atoms with Gasteiger partial charge in [-0.2, -0.15) is 5.10 Å². The normalized spacial score (nSPS) is 9.90. The molecule has 108 valence electrons. The van der Waals surface area contributed by atoms with E-state index in [0.29, 0.717) is 12.2 Å². The van der Waals surface area contributed by atoms with Crippen LogP contribution in [0.25, 0.3) is 5.69 Å². The van der Waals surface area contributed by atoms with Crippen LogP contribution in [0.3, 0.4) is 0 Å². The number of para-hydroxylation sites is 1. The van der Waals surface area contributed by atoms with Crippen LogP contribution in [-0.2, 0) is 0 Å². The molecule has 0 atom stereocenters. The fourth-order valence-electron chi connectivity index (χ4n) is 1.74. The lowest BCUT2D eigenvalue weighted by Crippen LogP contribution is -2.33. The Morgan fingerprint density at radius 2 is 2.00 bits per heavy atom. The van der Waals surface area contributed by atoms with Gasteiger partial charge >= 0.3 is 0 Å². The lowest BCUT2D eigenvalue weighted by Gasteiger charge is -2.15. The fourth-order valence-corrected chi connectivity index (χ4v) is 1.74. The van der Waals surface area contributed by atoms with E-state index in [1.165, 1.54) is 0 Å². The summed E-state index contributed by atoms with van der Waals surface area (Å²) in [5, 5.41) is 7.33. The first kappa shape index (κ1) is 16.2. The lowest BCUT2D eigenvalue weighted by atomic mass is 10.3. The van der Waals surface area contributed by atoms with Crippen molar-refractivity contribution in [2.75, 3.05) is 27.2 Å². The van der Waals surface area contributed by atoms with E-state index < -0.39 is 0 Å². The van der Waals surface area contributed by atoms with Crippen LogP contribution in [0.4, 0.5) is 0 Å². The number of rotatable bonds is 5. The van der Waals surface area contributed by atoms with Gasteiger partial charge < -0.3 is 10.2 Å². The number of halogens is 1. The summed E-state index contributed by atoms with van der Waals surface area (Å²) >= 11 is 0. The van der Waals surface area contributed by atoms with Crippen molar-refractivity contribution in [2.45, 2.75) is 0 Å². The second-order valence-corrected chi connectivity index (χ2v) is 4.31. The number of nitrogens with one attached hydrogen (secondary N) is 1. The molecule has 0 saturated carbocycles. The average molecular weight is 295 g/mol. The van der Waals surface area contributed by atoms with Gasteiger partial charge in [0.25, 0.3) is 5.91 Å². The first-order valence-corrected chi connectivity index (χ1v) is 6.23. The number of likely N-dealkylation sites (N-methyl/N-ethyl adjacent to an activating group) is 2. The molecule has 0 aliphatic heterocycles. The third-order valence-electron chi connectivity index (χ3n) is 2.87. The largest absolute Gasteiger partial charge is 0.339 e. The number of carbonyl (C=O) groups excluding carboxylic acids is 1. The van der Waals surface area contributed by atoms with E-state index in [4.69, 9.17) is 0 Å². The quantitative estimate of drug-likeness (QED) is 0.911. The molecule has 0 bridgehead atoms.